The molecule has 3 nitrogen and oxygen atoms in total. The third kappa shape index (κ3) is 4.43. The van der Waals surface area contributed by atoms with Crippen molar-refractivity contribution in [1.29, 1.82) is 0 Å². The largest absolute Gasteiger partial charge is 0.477 e. The summed E-state index contributed by atoms with van der Waals surface area (Å²) in [5.74, 6) is 1.56. The van der Waals surface area contributed by atoms with Gasteiger partial charge in [-0.3, -0.25) is 0 Å². The molecule has 1 aromatic heterocycles. The minimum Gasteiger partial charge on any atom is -0.477 e. The highest BCUT2D eigenvalue weighted by molar-refractivity contribution is 6.30. The second-order valence-electron chi connectivity index (χ2n) is 5.40. The molecule has 0 aliphatic carbocycles. The van der Waals surface area contributed by atoms with Crippen molar-refractivity contribution in [2.45, 2.75) is 39.5 Å². The third-order valence-electron chi connectivity index (χ3n) is 3.27. The number of aryl methyl sites for hydroxylation is 1. The van der Waals surface area contributed by atoms with Gasteiger partial charge in [0.2, 0.25) is 5.88 Å². The summed E-state index contributed by atoms with van der Waals surface area (Å²) in [7, 11) is 0. The van der Waals surface area contributed by atoms with Crippen LogP contribution in [0.1, 0.15) is 43.1 Å². The number of hydrogen-bond acceptors (Lipinski definition) is 3. The van der Waals surface area contributed by atoms with Gasteiger partial charge in [0.25, 0.3) is 0 Å². The topological polar surface area (TPSA) is 35.0 Å². The normalized spacial score (nSPS) is 10.9. The van der Waals surface area contributed by atoms with E-state index in [9.17, 15) is 0 Å². The zero-order valence-electron chi connectivity index (χ0n) is 12.8. The molecule has 0 aliphatic rings. The number of ether oxygens (including phenoxy) is 1. The lowest BCUT2D eigenvalue weighted by Gasteiger charge is -2.12. The van der Waals surface area contributed by atoms with Crippen molar-refractivity contribution < 1.29 is 4.74 Å². The molecule has 0 bridgehead atoms. The summed E-state index contributed by atoms with van der Waals surface area (Å²) in [6.45, 7) is 6.60. The molecule has 0 N–H and O–H groups in total. The van der Waals surface area contributed by atoms with Crippen LogP contribution < -0.4 is 4.74 Å². The highest BCUT2D eigenvalue weighted by Gasteiger charge is 2.12. The van der Waals surface area contributed by atoms with Gasteiger partial charge in [0.05, 0.1) is 6.61 Å². The van der Waals surface area contributed by atoms with E-state index in [0.29, 0.717) is 17.6 Å². The van der Waals surface area contributed by atoms with Crippen LogP contribution in [0.5, 0.6) is 5.88 Å². The van der Waals surface area contributed by atoms with E-state index in [4.69, 9.17) is 16.3 Å². The predicted octanol–water partition coefficient (Wildman–Crippen LogP) is 4.57. The van der Waals surface area contributed by atoms with Gasteiger partial charge in [-0.1, -0.05) is 55.8 Å². The zero-order valence-corrected chi connectivity index (χ0v) is 13.5. The number of benzene rings is 1. The molecule has 2 aromatic rings. The smallest absolute Gasteiger partial charge is 0.221 e. The van der Waals surface area contributed by atoms with Gasteiger partial charge in [0.1, 0.15) is 11.0 Å². The van der Waals surface area contributed by atoms with Crippen molar-refractivity contribution >= 4 is 11.6 Å². The Morgan fingerprint density at radius 1 is 1.14 bits per heavy atom. The number of rotatable bonds is 6. The number of nitrogens with zero attached hydrogens (tertiary/aromatic N) is 2. The Bertz CT molecular complexity index is 585. The predicted molar refractivity (Wildman–Crippen MR) is 86.1 cm³/mol. The van der Waals surface area contributed by atoms with Crippen molar-refractivity contribution in [3.63, 3.8) is 0 Å². The minimum atomic E-state index is 0.231. The minimum absolute atomic E-state index is 0.231. The molecule has 1 heterocycles. The molecule has 1 aromatic carbocycles. The highest BCUT2D eigenvalue weighted by Crippen LogP contribution is 2.24. The van der Waals surface area contributed by atoms with Crippen molar-refractivity contribution in [3.8, 4) is 5.88 Å². The Labute approximate surface area is 131 Å². The first-order valence-corrected chi connectivity index (χ1v) is 7.66. The fourth-order valence-electron chi connectivity index (χ4n) is 1.97. The number of halogens is 1. The summed E-state index contributed by atoms with van der Waals surface area (Å²) < 4.78 is 5.79. The summed E-state index contributed by atoms with van der Waals surface area (Å²) in [6.07, 6.45) is 1.94. The van der Waals surface area contributed by atoms with Crippen molar-refractivity contribution in [2.24, 2.45) is 0 Å². The Balaban J connectivity index is 1.93. The van der Waals surface area contributed by atoms with Gasteiger partial charge in [-0.2, -0.15) is 4.98 Å². The van der Waals surface area contributed by atoms with E-state index in [1.165, 1.54) is 5.56 Å². The number of aromatic nitrogens is 2. The van der Waals surface area contributed by atoms with Crippen LogP contribution in [-0.4, -0.2) is 16.6 Å². The molecule has 0 saturated heterocycles. The van der Waals surface area contributed by atoms with E-state index >= 15 is 0 Å². The second kappa shape index (κ2) is 7.41. The van der Waals surface area contributed by atoms with Crippen LogP contribution in [0.15, 0.2) is 30.3 Å². The van der Waals surface area contributed by atoms with Crippen LogP contribution in [0.25, 0.3) is 0 Å². The van der Waals surface area contributed by atoms with Crippen LogP contribution >= 0.6 is 11.6 Å². The maximum Gasteiger partial charge on any atom is 0.221 e. The summed E-state index contributed by atoms with van der Waals surface area (Å²) in [6, 6.07) is 10.4. The van der Waals surface area contributed by atoms with Gasteiger partial charge in [0.15, 0.2) is 0 Å². The molecule has 2 rings (SSSR count). The first-order chi connectivity index (χ1) is 10.1. The fourth-order valence-corrected chi connectivity index (χ4v) is 2.14. The van der Waals surface area contributed by atoms with E-state index in [2.05, 4.69) is 34.2 Å². The van der Waals surface area contributed by atoms with Gasteiger partial charge in [-0.05, 0) is 25.3 Å². The third-order valence-corrected chi connectivity index (χ3v) is 3.63. The van der Waals surface area contributed by atoms with Gasteiger partial charge < -0.3 is 4.74 Å². The zero-order chi connectivity index (χ0) is 15.2. The van der Waals surface area contributed by atoms with E-state index in [1.54, 1.807) is 0 Å². The molecule has 0 saturated carbocycles. The van der Waals surface area contributed by atoms with E-state index in [1.807, 2.05) is 26.8 Å². The molecule has 0 fully saturated rings. The summed E-state index contributed by atoms with van der Waals surface area (Å²) in [5.41, 5.74) is 2.13. The van der Waals surface area contributed by atoms with Crippen LogP contribution in [0.4, 0.5) is 0 Å². The molecular weight excluding hydrogens is 284 g/mol. The van der Waals surface area contributed by atoms with Crippen molar-refractivity contribution in [3.05, 3.63) is 52.4 Å². The van der Waals surface area contributed by atoms with E-state index < -0.39 is 0 Å². The van der Waals surface area contributed by atoms with Gasteiger partial charge >= 0.3 is 0 Å². The first-order valence-electron chi connectivity index (χ1n) is 7.28. The maximum atomic E-state index is 6.14. The molecule has 0 spiro atoms. The Kier molecular flexibility index (Phi) is 5.57. The summed E-state index contributed by atoms with van der Waals surface area (Å²) >= 11 is 6.14. The Morgan fingerprint density at radius 3 is 2.52 bits per heavy atom. The molecule has 112 valence electrons. The first kappa shape index (κ1) is 15.8. The quantitative estimate of drug-likeness (QED) is 0.579. The fraction of sp³-hybridized carbons (Fsp3) is 0.412. The van der Waals surface area contributed by atoms with Crippen LogP contribution in [-0.2, 0) is 6.42 Å². The average Bonchev–Trinajstić information content (AvgIpc) is 2.48. The van der Waals surface area contributed by atoms with Gasteiger partial charge in [-0.25, -0.2) is 4.98 Å². The molecule has 0 atom stereocenters. The molecular formula is C17H21ClN2O. The van der Waals surface area contributed by atoms with Crippen LogP contribution in [0.3, 0.4) is 0 Å². The standard InChI is InChI=1S/C17H21ClN2O/c1-12(2)16-19-15(18)13(3)17(20-16)21-11-7-10-14-8-5-4-6-9-14/h4-6,8-9,12H,7,10-11H2,1-3H3. The lowest BCUT2D eigenvalue weighted by atomic mass is 10.1. The van der Waals surface area contributed by atoms with E-state index in [0.717, 1.165) is 24.2 Å². The van der Waals surface area contributed by atoms with Crippen molar-refractivity contribution in [1.82, 2.24) is 9.97 Å². The summed E-state index contributed by atoms with van der Waals surface area (Å²) in [5, 5.41) is 0.478. The Morgan fingerprint density at radius 2 is 1.86 bits per heavy atom. The SMILES string of the molecule is Cc1c(Cl)nc(C(C)C)nc1OCCCc1ccccc1. The van der Waals surface area contributed by atoms with E-state index in [-0.39, 0.29) is 5.92 Å². The van der Waals surface area contributed by atoms with Crippen molar-refractivity contribution in [2.75, 3.05) is 6.61 Å². The highest BCUT2D eigenvalue weighted by atomic mass is 35.5. The summed E-state index contributed by atoms with van der Waals surface area (Å²) in [4.78, 5) is 8.74. The molecule has 0 aliphatic heterocycles. The van der Waals surface area contributed by atoms with Gasteiger partial charge in [0, 0.05) is 11.5 Å². The number of hydrogen-bond donors (Lipinski definition) is 0. The van der Waals surface area contributed by atoms with Gasteiger partial charge in [-0.15, -0.1) is 0 Å². The molecule has 0 radical (unpaired) electrons. The van der Waals surface area contributed by atoms with Crippen LogP contribution in [0.2, 0.25) is 5.15 Å². The second-order valence-corrected chi connectivity index (χ2v) is 5.75. The Hall–Kier alpha value is -1.61. The monoisotopic (exact) mass is 304 g/mol. The molecule has 0 amide bonds. The average molecular weight is 305 g/mol. The lowest BCUT2D eigenvalue weighted by molar-refractivity contribution is 0.295. The lowest BCUT2D eigenvalue weighted by Crippen LogP contribution is -2.07. The maximum absolute atomic E-state index is 6.14. The van der Waals surface area contributed by atoms with Crippen LogP contribution in [0, 0.1) is 6.92 Å². The molecule has 21 heavy (non-hydrogen) atoms. The molecule has 0 unspecified atom stereocenters. The molecule has 4 heteroatoms.